The van der Waals surface area contributed by atoms with E-state index in [2.05, 4.69) is 10.3 Å². The van der Waals surface area contributed by atoms with Crippen LogP contribution in [0.3, 0.4) is 0 Å². The van der Waals surface area contributed by atoms with Gasteiger partial charge in [-0.25, -0.2) is 4.98 Å². The van der Waals surface area contributed by atoms with Crippen LogP contribution in [0.25, 0.3) is 0 Å². The SMILES string of the molecule is COc1cccnc1NC(C)CCO. The first kappa shape index (κ1) is 10.8. The van der Waals surface area contributed by atoms with E-state index in [1.54, 1.807) is 13.3 Å². The van der Waals surface area contributed by atoms with Crippen molar-refractivity contribution in [3.05, 3.63) is 18.3 Å². The van der Waals surface area contributed by atoms with Crippen molar-refractivity contribution in [1.29, 1.82) is 0 Å². The Balaban J connectivity index is 2.65. The molecule has 0 saturated carbocycles. The fourth-order valence-electron chi connectivity index (χ4n) is 1.16. The van der Waals surface area contributed by atoms with Crippen LogP contribution in [-0.2, 0) is 0 Å². The summed E-state index contributed by atoms with van der Waals surface area (Å²) in [4.78, 5) is 4.15. The number of anilines is 1. The first-order chi connectivity index (χ1) is 6.77. The third-order valence-electron chi connectivity index (χ3n) is 1.94. The van der Waals surface area contributed by atoms with Crippen LogP contribution in [-0.4, -0.2) is 29.8 Å². The maximum absolute atomic E-state index is 8.75. The van der Waals surface area contributed by atoms with Crippen LogP contribution in [0.4, 0.5) is 5.82 Å². The van der Waals surface area contributed by atoms with Crippen molar-refractivity contribution in [1.82, 2.24) is 4.98 Å². The quantitative estimate of drug-likeness (QED) is 0.744. The zero-order valence-electron chi connectivity index (χ0n) is 8.53. The molecule has 0 amide bonds. The second-order valence-corrected chi connectivity index (χ2v) is 3.11. The number of pyridine rings is 1. The van der Waals surface area contributed by atoms with Crippen molar-refractivity contribution in [2.45, 2.75) is 19.4 Å². The van der Waals surface area contributed by atoms with E-state index in [-0.39, 0.29) is 12.6 Å². The average Bonchev–Trinajstić information content (AvgIpc) is 2.19. The summed E-state index contributed by atoms with van der Waals surface area (Å²) in [5, 5.41) is 11.9. The molecule has 2 N–H and O–H groups in total. The van der Waals surface area contributed by atoms with E-state index in [1.807, 2.05) is 19.1 Å². The predicted octanol–water partition coefficient (Wildman–Crippen LogP) is 1.27. The first-order valence-corrected chi connectivity index (χ1v) is 4.64. The van der Waals surface area contributed by atoms with Gasteiger partial charge in [0.2, 0.25) is 0 Å². The third-order valence-corrected chi connectivity index (χ3v) is 1.94. The van der Waals surface area contributed by atoms with Gasteiger partial charge in [-0.05, 0) is 25.5 Å². The van der Waals surface area contributed by atoms with Crippen LogP contribution in [0.2, 0.25) is 0 Å². The lowest BCUT2D eigenvalue weighted by Gasteiger charge is -2.14. The molecule has 0 bridgehead atoms. The monoisotopic (exact) mass is 196 g/mol. The molecule has 1 aromatic heterocycles. The van der Waals surface area contributed by atoms with Gasteiger partial charge in [0.15, 0.2) is 11.6 Å². The van der Waals surface area contributed by atoms with Gasteiger partial charge in [-0.15, -0.1) is 0 Å². The van der Waals surface area contributed by atoms with Crippen LogP contribution in [0.15, 0.2) is 18.3 Å². The third kappa shape index (κ3) is 2.88. The topological polar surface area (TPSA) is 54.4 Å². The Morgan fingerprint density at radius 2 is 2.43 bits per heavy atom. The summed E-state index contributed by atoms with van der Waals surface area (Å²) < 4.78 is 5.14. The number of nitrogens with zero attached hydrogens (tertiary/aromatic N) is 1. The maximum atomic E-state index is 8.75. The Morgan fingerprint density at radius 1 is 1.64 bits per heavy atom. The van der Waals surface area contributed by atoms with Gasteiger partial charge in [-0.3, -0.25) is 0 Å². The Kier molecular flexibility index (Phi) is 4.19. The van der Waals surface area contributed by atoms with Crippen LogP contribution < -0.4 is 10.1 Å². The molecule has 0 fully saturated rings. The molecule has 0 aliphatic carbocycles. The van der Waals surface area contributed by atoms with Crippen LogP contribution in [0, 0.1) is 0 Å². The van der Waals surface area contributed by atoms with E-state index in [4.69, 9.17) is 9.84 Å². The van der Waals surface area contributed by atoms with Crippen molar-refractivity contribution in [2.75, 3.05) is 19.0 Å². The zero-order chi connectivity index (χ0) is 10.4. The van der Waals surface area contributed by atoms with E-state index < -0.39 is 0 Å². The number of ether oxygens (including phenoxy) is 1. The standard InChI is InChI=1S/C10H16N2O2/c1-8(5-7-13)12-10-9(14-2)4-3-6-11-10/h3-4,6,8,13H,5,7H2,1-2H3,(H,11,12). The summed E-state index contributed by atoms with van der Waals surface area (Å²) >= 11 is 0. The van der Waals surface area contributed by atoms with E-state index in [9.17, 15) is 0 Å². The lowest BCUT2D eigenvalue weighted by atomic mass is 10.2. The molecule has 1 atom stereocenters. The number of hydrogen-bond donors (Lipinski definition) is 2. The number of aliphatic hydroxyl groups is 1. The Morgan fingerprint density at radius 3 is 3.07 bits per heavy atom. The minimum atomic E-state index is 0.170. The number of hydrogen-bond acceptors (Lipinski definition) is 4. The second kappa shape index (κ2) is 5.44. The lowest BCUT2D eigenvalue weighted by molar-refractivity contribution is 0.282. The fourth-order valence-corrected chi connectivity index (χ4v) is 1.16. The summed E-state index contributed by atoms with van der Waals surface area (Å²) in [5.41, 5.74) is 0. The van der Waals surface area contributed by atoms with Gasteiger partial charge in [-0.2, -0.15) is 0 Å². The van der Waals surface area contributed by atoms with E-state index >= 15 is 0 Å². The molecular weight excluding hydrogens is 180 g/mol. The summed E-state index contributed by atoms with van der Waals surface area (Å²) in [5.74, 6) is 1.44. The van der Waals surface area contributed by atoms with E-state index in [0.717, 1.165) is 11.6 Å². The number of aromatic nitrogens is 1. The summed E-state index contributed by atoms with van der Waals surface area (Å²) in [6.45, 7) is 2.16. The predicted molar refractivity (Wildman–Crippen MR) is 55.6 cm³/mol. The molecule has 0 aliphatic heterocycles. The van der Waals surface area contributed by atoms with Gasteiger partial charge in [0, 0.05) is 18.8 Å². The Hall–Kier alpha value is -1.29. The minimum Gasteiger partial charge on any atom is -0.493 e. The molecule has 4 nitrogen and oxygen atoms in total. The number of rotatable bonds is 5. The van der Waals surface area contributed by atoms with E-state index in [0.29, 0.717) is 6.42 Å². The summed E-state index contributed by atoms with van der Waals surface area (Å²) in [6.07, 6.45) is 2.40. The highest BCUT2D eigenvalue weighted by Gasteiger charge is 2.06. The molecular formula is C10H16N2O2. The number of aliphatic hydroxyl groups excluding tert-OH is 1. The Bertz CT molecular complexity index is 279. The van der Waals surface area contributed by atoms with Crippen molar-refractivity contribution in [3.8, 4) is 5.75 Å². The lowest BCUT2D eigenvalue weighted by Crippen LogP contribution is -2.17. The van der Waals surface area contributed by atoms with Crippen molar-refractivity contribution in [2.24, 2.45) is 0 Å². The molecule has 1 rings (SSSR count). The highest BCUT2D eigenvalue weighted by atomic mass is 16.5. The molecule has 0 spiro atoms. The average molecular weight is 196 g/mol. The van der Waals surface area contributed by atoms with Crippen LogP contribution in [0.5, 0.6) is 5.75 Å². The fraction of sp³-hybridized carbons (Fsp3) is 0.500. The van der Waals surface area contributed by atoms with Gasteiger partial charge in [0.05, 0.1) is 7.11 Å². The van der Waals surface area contributed by atoms with Gasteiger partial charge in [0.25, 0.3) is 0 Å². The van der Waals surface area contributed by atoms with Gasteiger partial charge in [-0.1, -0.05) is 0 Å². The Labute approximate surface area is 83.9 Å². The molecule has 78 valence electrons. The number of nitrogens with one attached hydrogen (secondary N) is 1. The molecule has 4 heteroatoms. The largest absolute Gasteiger partial charge is 0.493 e. The first-order valence-electron chi connectivity index (χ1n) is 4.64. The molecule has 1 unspecified atom stereocenters. The summed E-state index contributed by atoms with van der Waals surface area (Å²) in [6, 6.07) is 3.85. The van der Waals surface area contributed by atoms with Crippen molar-refractivity contribution in [3.63, 3.8) is 0 Å². The molecule has 0 saturated heterocycles. The van der Waals surface area contributed by atoms with Crippen molar-refractivity contribution < 1.29 is 9.84 Å². The number of methoxy groups -OCH3 is 1. The minimum absolute atomic E-state index is 0.170. The molecule has 1 heterocycles. The highest BCUT2D eigenvalue weighted by molar-refractivity contribution is 5.49. The zero-order valence-corrected chi connectivity index (χ0v) is 8.53. The smallest absolute Gasteiger partial charge is 0.168 e. The summed E-state index contributed by atoms with van der Waals surface area (Å²) in [7, 11) is 1.61. The van der Waals surface area contributed by atoms with Crippen LogP contribution >= 0.6 is 0 Å². The highest BCUT2D eigenvalue weighted by Crippen LogP contribution is 2.20. The molecule has 14 heavy (non-hydrogen) atoms. The van der Waals surface area contributed by atoms with Crippen LogP contribution in [0.1, 0.15) is 13.3 Å². The molecule has 1 aromatic rings. The second-order valence-electron chi connectivity index (χ2n) is 3.11. The molecule has 0 radical (unpaired) electrons. The normalized spacial score (nSPS) is 12.2. The molecule has 0 aromatic carbocycles. The van der Waals surface area contributed by atoms with Crippen molar-refractivity contribution >= 4 is 5.82 Å². The maximum Gasteiger partial charge on any atom is 0.168 e. The van der Waals surface area contributed by atoms with E-state index in [1.165, 1.54) is 0 Å². The molecule has 0 aliphatic rings. The van der Waals surface area contributed by atoms with Gasteiger partial charge < -0.3 is 15.2 Å². The van der Waals surface area contributed by atoms with Gasteiger partial charge >= 0.3 is 0 Å². The van der Waals surface area contributed by atoms with Gasteiger partial charge in [0.1, 0.15) is 0 Å².